The van der Waals surface area contributed by atoms with Crippen molar-refractivity contribution in [2.24, 2.45) is 0 Å². The summed E-state index contributed by atoms with van der Waals surface area (Å²) < 4.78 is 19.0. The minimum absolute atomic E-state index is 0. The standard InChI is InChI=1S/C20H28O10.2CH4/c1-13(2)19(25)29-11-15(21)9-27-17(23)7-5-6-8-18(24)28-10-16(22)12-30-20(26)14(3)4;;/h5-6,15-16,21-22H,1,3,7-12H2,2,4H3;2*1H4. The molecule has 0 aromatic rings. The maximum atomic E-state index is 11.5. The van der Waals surface area contributed by atoms with Gasteiger partial charge in [-0.25, -0.2) is 9.59 Å². The molecule has 0 amide bonds. The monoisotopic (exact) mass is 460 g/mol. The summed E-state index contributed by atoms with van der Waals surface area (Å²) >= 11 is 0. The second-order valence-electron chi connectivity index (χ2n) is 6.31. The summed E-state index contributed by atoms with van der Waals surface area (Å²) in [5, 5.41) is 19.1. The van der Waals surface area contributed by atoms with Gasteiger partial charge in [-0.15, -0.1) is 0 Å². The fourth-order valence-electron chi connectivity index (χ4n) is 1.54. The highest BCUT2D eigenvalue weighted by Crippen LogP contribution is 1.99. The Hall–Kier alpha value is -2.98. The number of aliphatic hydroxyl groups excluding tert-OH is 2. The van der Waals surface area contributed by atoms with Gasteiger partial charge in [0.25, 0.3) is 0 Å². The molecule has 0 aliphatic rings. The first kappa shape index (κ1) is 33.7. The Morgan fingerprint density at radius 1 is 0.688 bits per heavy atom. The Kier molecular flexibility index (Phi) is 19.7. The van der Waals surface area contributed by atoms with Gasteiger partial charge in [0.15, 0.2) is 0 Å². The summed E-state index contributed by atoms with van der Waals surface area (Å²) in [5.74, 6) is -2.62. The molecular weight excluding hydrogens is 424 g/mol. The number of rotatable bonds is 14. The second-order valence-corrected chi connectivity index (χ2v) is 6.31. The lowest BCUT2D eigenvalue weighted by molar-refractivity contribution is -0.151. The van der Waals surface area contributed by atoms with Crippen molar-refractivity contribution in [3.63, 3.8) is 0 Å². The number of carbonyl (C=O) groups is 4. The number of hydrogen-bond acceptors (Lipinski definition) is 10. The predicted molar refractivity (Wildman–Crippen MR) is 117 cm³/mol. The average molecular weight is 461 g/mol. The van der Waals surface area contributed by atoms with Crippen LogP contribution < -0.4 is 0 Å². The molecule has 0 aliphatic heterocycles. The van der Waals surface area contributed by atoms with E-state index in [1.165, 1.54) is 26.0 Å². The lowest BCUT2D eigenvalue weighted by Gasteiger charge is -2.11. The van der Waals surface area contributed by atoms with E-state index in [1.807, 2.05) is 0 Å². The first-order chi connectivity index (χ1) is 14.0. The number of hydrogen-bond donors (Lipinski definition) is 2. The highest BCUT2D eigenvalue weighted by atomic mass is 16.6. The van der Waals surface area contributed by atoms with Crippen molar-refractivity contribution in [3.8, 4) is 0 Å². The number of carbonyl (C=O) groups excluding carboxylic acids is 4. The number of esters is 4. The van der Waals surface area contributed by atoms with Crippen LogP contribution in [0.5, 0.6) is 0 Å². The van der Waals surface area contributed by atoms with Gasteiger partial charge in [-0.3, -0.25) is 9.59 Å². The molecule has 0 aliphatic carbocycles. The van der Waals surface area contributed by atoms with E-state index in [1.54, 1.807) is 0 Å². The molecular formula is C22H36O10. The number of aliphatic hydroxyl groups is 2. The van der Waals surface area contributed by atoms with Crippen molar-refractivity contribution in [2.45, 2.75) is 53.8 Å². The van der Waals surface area contributed by atoms with Crippen molar-refractivity contribution in [1.29, 1.82) is 0 Å². The molecule has 0 rings (SSSR count). The van der Waals surface area contributed by atoms with Gasteiger partial charge in [0.2, 0.25) is 0 Å². The largest absolute Gasteiger partial charge is 0.463 e. The van der Waals surface area contributed by atoms with E-state index >= 15 is 0 Å². The van der Waals surface area contributed by atoms with E-state index in [4.69, 9.17) is 18.9 Å². The van der Waals surface area contributed by atoms with Crippen molar-refractivity contribution < 1.29 is 48.3 Å². The highest BCUT2D eigenvalue weighted by Gasteiger charge is 2.13. The van der Waals surface area contributed by atoms with Crippen LogP contribution in [0, 0.1) is 0 Å². The molecule has 0 radical (unpaired) electrons. The smallest absolute Gasteiger partial charge is 0.333 e. The minimum atomic E-state index is -1.17. The molecule has 0 spiro atoms. The zero-order valence-electron chi connectivity index (χ0n) is 17.1. The predicted octanol–water partition coefficient (Wildman–Crippen LogP) is 1.64. The van der Waals surface area contributed by atoms with E-state index < -0.39 is 36.1 Å². The van der Waals surface area contributed by atoms with Gasteiger partial charge < -0.3 is 29.2 Å². The molecule has 0 heterocycles. The van der Waals surface area contributed by atoms with Crippen LogP contribution in [0.3, 0.4) is 0 Å². The van der Waals surface area contributed by atoms with E-state index in [9.17, 15) is 29.4 Å². The molecule has 2 atom stereocenters. The molecule has 0 saturated carbocycles. The summed E-state index contributed by atoms with van der Waals surface area (Å²) in [6.45, 7) is 8.31. The molecule has 2 unspecified atom stereocenters. The van der Waals surface area contributed by atoms with Gasteiger partial charge >= 0.3 is 23.9 Å². The molecule has 0 bridgehead atoms. The van der Waals surface area contributed by atoms with Crippen LogP contribution in [0.4, 0.5) is 0 Å². The van der Waals surface area contributed by atoms with Crippen molar-refractivity contribution in [2.75, 3.05) is 26.4 Å². The van der Waals surface area contributed by atoms with Crippen molar-refractivity contribution >= 4 is 23.9 Å². The van der Waals surface area contributed by atoms with Gasteiger partial charge in [-0.1, -0.05) is 40.2 Å². The fraction of sp³-hybridized carbons (Fsp3) is 0.545. The Balaban J connectivity index is -0.00000420. The highest BCUT2D eigenvalue weighted by molar-refractivity contribution is 5.87. The van der Waals surface area contributed by atoms with Crippen LogP contribution in [0.25, 0.3) is 0 Å². The molecule has 0 fully saturated rings. The van der Waals surface area contributed by atoms with Crippen LogP contribution in [-0.4, -0.2) is 72.7 Å². The Bertz CT molecular complexity index is 610. The fourth-order valence-corrected chi connectivity index (χ4v) is 1.54. The van der Waals surface area contributed by atoms with E-state index in [2.05, 4.69) is 13.2 Å². The molecule has 32 heavy (non-hydrogen) atoms. The van der Waals surface area contributed by atoms with Crippen LogP contribution in [-0.2, 0) is 38.1 Å². The zero-order valence-corrected chi connectivity index (χ0v) is 17.1. The summed E-state index contributed by atoms with van der Waals surface area (Å²) in [5.41, 5.74) is 0.368. The molecule has 2 N–H and O–H groups in total. The first-order valence-corrected chi connectivity index (χ1v) is 9.00. The third-order valence-corrected chi connectivity index (χ3v) is 3.12. The van der Waals surface area contributed by atoms with Gasteiger partial charge in [-0.2, -0.15) is 0 Å². The van der Waals surface area contributed by atoms with Gasteiger partial charge in [0.1, 0.15) is 38.6 Å². The van der Waals surface area contributed by atoms with E-state index in [0.717, 1.165) is 0 Å². The SMILES string of the molecule is C.C.C=C(C)C(=O)OCC(O)COC(=O)CC=CCC(=O)OCC(O)COC(=O)C(=C)C. The average Bonchev–Trinajstić information content (AvgIpc) is 2.69. The summed E-state index contributed by atoms with van der Waals surface area (Å²) in [6, 6.07) is 0. The van der Waals surface area contributed by atoms with Crippen LogP contribution in [0.15, 0.2) is 36.5 Å². The lowest BCUT2D eigenvalue weighted by Crippen LogP contribution is -2.25. The van der Waals surface area contributed by atoms with Crippen molar-refractivity contribution in [3.05, 3.63) is 36.5 Å². The van der Waals surface area contributed by atoms with Gasteiger partial charge in [0, 0.05) is 11.1 Å². The van der Waals surface area contributed by atoms with Crippen LogP contribution in [0.1, 0.15) is 41.5 Å². The normalized spacial score (nSPS) is 11.8. The zero-order chi connectivity index (χ0) is 23.1. The Morgan fingerprint density at radius 2 is 0.969 bits per heavy atom. The summed E-state index contributed by atoms with van der Waals surface area (Å²) in [6.07, 6.45) is 0.120. The third kappa shape index (κ3) is 17.8. The minimum Gasteiger partial charge on any atom is -0.463 e. The molecule has 0 saturated heterocycles. The van der Waals surface area contributed by atoms with Gasteiger partial charge in [-0.05, 0) is 13.8 Å². The third-order valence-electron chi connectivity index (χ3n) is 3.12. The Morgan fingerprint density at radius 3 is 1.25 bits per heavy atom. The molecule has 10 heteroatoms. The van der Waals surface area contributed by atoms with E-state index in [0.29, 0.717) is 0 Å². The lowest BCUT2D eigenvalue weighted by atomic mass is 10.3. The quantitative estimate of drug-likeness (QED) is 0.170. The second kappa shape index (κ2) is 18.8. The summed E-state index contributed by atoms with van der Waals surface area (Å²) in [7, 11) is 0. The van der Waals surface area contributed by atoms with Crippen LogP contribution >= 0.6 is 0 Å². The molecule has 0 aromatic carbocycles. The van der Waals surface area contributed by atoms with E-state index in [-0.39, 0.29) is 65.3 Å². The topological polar surface area (TPSA) is 146 Å². The van der Waals surface area contributed by atoms with Crippen molar-refractivity contribution in [1.82, 2.24) is 0 Å². The summed E-state index contributed by atoms with van der Waals surface area (Å²) in [4.78, 5) is 45.4. The number of ether oxygens (including phenoxy) is 4. The Labute approximate surface area is 189 Å². The van der Waals surface area contributed by atoms with Crippen LogP contribution in [0.2, 0.25) is 0 Å². The molecule has 10 nitrogen and oxygen atoms in total. The van der Waals surface area contributed by atoms with Gasteiger partial charge in [0.05, 0.1) is 12.8 Å². The maximum Gasteiger partial charge on any atom is 0.333 e. The first-order valence-electron chi connectivity index (χ1n) is 9.00. The molecule has 184 valence electrons. The molecule has 0 aromatic heterocycles. The maximum absolute atomic E-state index is 11.5.